The van der Waals surface area contributed by atoms with E-state index in [1.54, 1.807) is 0 Å². The summed E-state index contributed by atoms with van der Waals surface area (Å²) in [4.78, 5) is 7.48. The fourth-order valence-electron chi connectivity index (χ4n) is 0.471. The summed E-state index contributed by atoms with van der Waals surface area (Å²) in [5, 5.41) is 6.78. The van der Waals surface area contributed by atoms with E-state index in [4.69, 9.17) is 11.1 Å². The smallest absolute Gasteiger partial charge is 0.150 e. The maximum Gasteiger partial charge on any atom is 0.150 e. The van der Waals surface area contributed by atoms with Gasteiger partial charge in [-0.05, 0) is 0 Å². The molecule has 0 aliphatic heterocycles. The Hall–Kier alpha value is -1.45. The fourth-order valence-corrected chi connectivity index (χ4v) is 0.471. The molecule has 4 heteroatoms. The van der Waals surface area contributed by atoms with Gasteiger partial charge in [-0.2, -0.15) is 0 Å². The van der Waals surface area contributed by atoms with Crippen LogP contribution in [0.4, 0.5) is 5.82 Å². The first-order valence-corrected chi connectivity index (χ1v) is 3.41. The molecule has 1 aromatic rings. The quantitative estimate of drug-likeness (QED) is 0.591. The maximum atomic E-state index is 6.78. The summed E-state index contributed by atoms with van der Waals surface area (Å²) in [6.07, 6.45) is 4.06. The zero-order valence-electron chi connectivity index (χ0n) is 6.70. The Balaban J connectivity index is 0.000000461. The van der Waals surface area contributed by atoms with Crippen LogP contribution in [-0.2, 0) is 0 Å². The number of hydrogen-bond acceptors (Lipinski definition) is 4. The fraction of sp³-hybridized carbons (Fsp3) is 0.286. The van der Waals surface area contributed by atoms with Crippen molar-refractivity contribution in [3.8, 4) is 0 Å². The van der Waals surface area contributed by atoms with Gasteiger partial charge in [0.15, 0.2) is 5.82 Å². The van der Waals surface area contributed by atoms with Gasteiger partial charge < -0.3 is 11.1 Å². The molecule has 0 saturated carbocycles. The van der Waals surface area contributed by atoms with Gasteiger partial charge in [0, 0.05) is 18.6 Å². The molecule has 1 rings (SSSR count). The zero-order chi connectivity index (χ0) is 8.69. The lowest BCUT2D eigenvalue weighted by atomic mass is 10.4. The molecule has 0 bridgehead atoms. The van der Waals surface area contributed by atoms with E-state index < -0.39 is 0 Å². The first kappa shape index (κ1) is 9.55. The van der Waals surface area contributed by atoms with Gasteiger partial charge in [-0.1, -0.05) is 13.8 Å². The molecule has 3 N–H and O–H groups in total. The Morgan fingerprint density at radius 1 is 1.36 bits per heavy atom. The molecule has 0 aliphatic carbocycles. The second-order valence-corrected chi connectivity index (χ2v) is 1.47. The zero-order valence-corrected chi connectivity index (χ0v) is 6.70. The van der Waals surface area contributed by atoms with E-state index in [2.05, 4.69) is 9.97 Å². The SMILES string of the molecule is CC.N=Cc1nccnc1N. The first-order valence-electron chi connectivity index (χ1n) is 3.41. The summed E-state index contributed by atoms with van der Waals surface area (Å²) in [5.41, 5.74) is 5.72. The maximum absolute atomic E-state index is 6.78. The van der Waals surface area contributed by atoms with Crippen LogP contribution >= 0.6 is 0 Å². The highest BCUT2D eigenvalue weighted by atomic mass is 14.9. The minimum absolute atomic E-state index is 0.299. The van der Waals surface area contributed by atoms with Crippen molar-refractivity contribution in [2.75, 3.05) is 5.73 Å². The molecule has 0 spiro atoms. The highest BCUT2D eigenvalue weighted by Gasteiger charge is 1.92. The Morgan fingerprint density at radius 3 is 2.27 bits per heavy atom. The van der Waals surface area contributed by atoms with E-state index in [9.17, 15) is 0 Å². The summed E-state index contributed by atoms with van der Waals surface area (Å²) < 4.78 is 0. The van der Waals surface area contributed by atoms with Crippen LogP contribution in [0.3, 0.4) is 0 Å². The van der Waals surface area contributed by atoms with E-state index >= 15 is 0 Å². The average molecular weight is 152 g/mol. The lowest BCUT2D eigenvalue weighted by Gasteiger charge is -1.92. The molecule has 60 valence electrons. The van der Waals surface area contributed by atoms with Crippen molar-refractivity contribution in [1.29, 1.82) is 5.41 Å². The van der Waals surface area contributed by atoms with Crippen LogP contribution in [-0.4, -0.2) is 16.2 Å². The molecule has 0 aromatic carbocycles. The molecule has 0 saturated heterocycles. The third-order valence-electron chi connectivity index (χ3n) is 0.893. The van der Waals surface area contributed by atoms with Gasteiger partial charge in [-0.25, -0.2) is 9.97 Å². The molecule has 0 amide bonds. The van der Waals surface area contributed by atoms with Gasteiger partial charge in [0.2, 0.25) is 0 Å². The molecular formula is C7H12N4. The number of rotatable bonds is 1. The third-order valence-corrected chi connectivity index (χ3v) is 0.893. The van der Waals surface area contributed by atoms with Crippen LogP contribution in [0.25, 0.3) is 0 Å². The second kappa shape index (κ2) is 5.34. The molecule has 0 atom stereocenters. The molecule has 1 heterocycles. The second-order valence-electron chi connectivity index (χ2n) is 1.47. The van der Waals surface area contributed by atoms with Crippen molar-refractivity contribution < 1.29 is 0 Å². The number of hydrogen-bond donors (Lipinski definition) is 2. The molecule has 1 aromatic heterocycles. The van der Waals surface area contributed by atoms with Crippen LogP contribution in [0.15, 0.2) is 12.4 Å². The molecule has 0 radical (unpaired) electrons. The molecule has 11 heavy (non-hydrogen) atoms. The van der Waals surface area contributed by atoms with Gasteiger partial charge in [-0.15, -0.1) is 0 Å². The Bertz CT molecular complexity index is 221. The van der Waals surface area contributed by atoms with Crippen molar-refractivity contribution in [3.05, 3.63) is 18.1 Å². The first-order chi connectivity index (χ1) is 5.34. The number of nitrogens with zero attached hydrogens (tertiary/aromatic N) is 2. The topological polar surface area (TPSA) is 75.7 Å². The summed E-state index contributed by atoms with van der Waals surface area (Å²) in [7, 11) is 0. The summed E-state index contributed by atoms with van der Waals surface area (Å²) in [5.74, 6) is 0.299. The number of anilines is 1. The van der Waals surface area contributed by atoms with Crippen molar-refractivity contribution in [1.82, 2.24) is 9.97 Å². The molecule has 0 fully saturated rings. The van der Waals surface area contributed by atoms with Crippen molar-refractivity contribution in [2.45, 2.75) is 13.8 Å². The largest absolute Gasteiger partial charge is 0.382 e. The van der Waals surface area contributed by atoms with Crippen LogP contribution < -0.4 is 5.73 Å². The number of nitrogen functional groups attached to an aromatic ring is 1. The predicted octanol–water partition coefficient (Wildman–Crippen LogP) is 1.08. The van der Waals surface area contributed by atoms with Gasteiger partial charge in [0.1, 0.15) is 5.69 Å². The summed E-state index contributed by atoms with van der Waals surface area (Å²) in [6, 6.07) is 0. The molecule has 4 nitrogen and oxygen atoms in total. The normalized spacial score (nSPS) is 7.82. The van der Waals surface area contributed by atoms with Crippen LogP contribution in [0.2, 0.25) is 0 Å². The predicted molar refractivity (Wildman–Crippen MR) is 45.7 cm³/mol. The van der Waals surface area contributed by atoms with Crippen LogP contribution in [0.1, 0.15) is 19.5 Å². The molecular weight excluding hydrogens is 140 g/mol. The van der Waals surface area contributed by atoms with Crippen LogP contribution in [0, 0.1) is 5.41 Å². The van der Waals surface area contributed by atoms with E-state index in [0.717, 1.165) is 6.21 Å². The average Bonchev–Trinajstić information content (AvgIpc) is 2.09. The monoisotopic (exact) mass is 152 g/mol. The van der Waals surface area contributed by atoms with Crippen molar-refractivity contribution >= 4 is 12.0 Å². The van der Waals surface area contributed by atoms with Crippen molar-refractivity contribution in [3.63, 3.8) is 0 Å². The number of aromatic nitrogens is 2. The van der Waals surface area contributed by atoms with E-state index in [1.165, 1.54) is 12.4 Å². The molecule has 0 aliphatic rings. The van der Waals surface area contributed by atoms with E-state index in [1.807, 2.05) is 13.8 Å². The van der Waals surface area contributed by atoms with Gasteiger partial charge in [-0.3, -0.25) is 0 Å². The highest BCUT2D eigenvalue weighted by Crippen LogP contribution is 1.96. The minimum Gasteiger partial charge on any atom is -0.382 e. The van der Waals surface area contributed by atoms with Crippen LogP contribution in [0.5, 0.6) is 0 Å². The Morgan fingerprint density at radius 2 is 1.91 bits per heavy atom. The lowest BCUT2D eigenvalue weighted by molar-refractivity contribution is 1.19. The van der Waals surface area contributed by atoms with Crippen molar-refractivity contribution in [2.24, 2.45) is 0 Å². The highest BCUT2D eigenvalue weighted by molar-refractivity contribution is 5.80. The number of nitrogens with one attached hydrogen (secondary N) is 1. The molecule has 0 unspecified atom stereocenters. The Labute approximate surface area is 66.0 Å². The number of nitrogens with two attached hydrogens (primary N) is 1. The van der Waals surface area contributed by atoms with Gasteiger partial charge >= 0.3 is 0 Å². The standard InChI is InChI=1S/C5H6N4.C2H6/c6-3-4-5(7)9-2-1-8-4;1-2/h1-3,6H,(H2,7,9);1-2H3. The minimum atomic E-state index is 0.299. The van der Waals surface area contributed by atoms with Gasteiger partial charge in [0.05, 0.1) is 0 Å². The van der Waals surface area contributed by atoms with Gasteiger partial charge in [0.25, 0.3) is 0 Å². The third kappa shape index (κ3) is 2.75. The summed E-state index contributed by atoms with van der Waals surface area (Å²) in [6.45, 7) is 4.00. The van der Waals surface area contributed by atoms with E-state index in [-0.39, 0.29) is 0 Å². The Kier molecular flexibility index (Phi) is 4.64. The van der Waals surface area contributed by atoms with E-state index in [0.29, 0.717) is 11.5 Å². The lowest BCUT2D eigenvalue weighted by Crippen LogP contribution is -1.97. The summed E-state index contributed by atoms with van der Waals surface area (Å²) >= 11 is 0.